The molecule has 0 aliphatic carbocycles. The van der Waals surface area contributed by atoms with E-state index < -0.39 is 23.2 Å². The minimum atomic E-state index is -1.50. The van der Waals surface area contributed by atoms with Gasteiger partial charge in [0.05, 0.1) is 24.0 Å². The number of carboxylic acids is 1. The average molecular weight is 281 g/mol. The lowest BCUT2D eigenvalue weighted by atomic mass is 10.2. The number of nitrogens with zero attached hydrogens (tertiary/aromatic N) is 2. The number of aromatic nitrogens is 2. The van der Waals surface area contributed by atoms with Crippen LogP contribution in [0.5, 0.6) is 0 Å². The van der Waals surface area contributed by atoms with E-state index in [4.69, 9.17) is 5.11 Å². The largest absolute Gasteiger partial charge is 0.478 e. The lowest BCUT2D eigenvalue weighted by molar-refractivity contribution is 0.0690. The summed E-state index contributed by atoms with van der Waals surface area (Å²) in [5, 5.41) is 15.4. The van der Waals surface area contributed by atoms with E-state index >= 15 is 0 Å². The zero-order valence-corrected chi connectivity index (χ0v) is 10.7. The molecular weight excluding hydrogens is 268 g/mol. The highest BCUT2D eigenvalue weighted by Gasteiger charge is 2.17. The predicted molar refractivity (Wildman–Crippen MR) is 68.8 cm³/mol. The van der Waals surface area contributed by atoms with Crippen LogP contribution in [0.2, 0.25) is 0 Å². The van der Waals surface area contributed by atoms with Crippen LogP contribution < -0.4 is 5.32 Å². The molecule has 7 heteroatoms. The van der Waals surface area contributed by atoms with Crippen molar-refractivity contribution >= 4 is 11.7 Å². The standard InChI is InChI=1S/C13H13F2N3O2/c1-8-6-17-18(7-8)5-4-16-10-3-2-9(13(19)20)11(14)12(10)15/h2-3,6-7,16H,4-5H2,1H3,(H,19,20). The molecule has 1 aromatic carbocycles. The first-order valence-electron chi connectivity index (χ1n) is 5.93. The summed E-state index contributed by atoms with van der Waals surface area (Å²) in [6, 6.07) is 2.23. The molecule has 0 saturated heterocycles. The van der Waals surface area contributed by atoms with Crippen molar-refractivity contribution in [2.45, 2.75) is 13.5 Å². The number of benzene rings is 1. The second-order valence-electron chi connectivity index (χ2n) is 4.30. The van der Waals surface area contributed by atoms with Gasteiger partial charge in [0, 0.05) is 12.7 Å². The Balaban J connectivity index is 2.03. The Labute approximate surface area is 113 Å². The summed E-state index contributed by atoms with van der Waals surface area (Å²) in [4.78, 5) is 10.6. The maximum atomic E-state index is 13.6. The van der Waals surface area contributed by atoms with Gasteiger partial charge in [0.2, 0.25) is 0 Å². The van der Waals surface area contributed by atoms with E-state index in [1.165, 1.54) is 6.07 Å². The third-order valence-corrected chi connectivity index (χ3v) is 2.73. The molecule has 1 heterocycles. The molecule has 0 radical (unpaired) electrons. The minimum absolute atomic E-state index is 0.0728. The first kappa shape index (κ1) is 14.0. The molecule has 0 aliphatic heterocycles. The molecule has 0 aliphatic rings. The molecule has 5 nitrogen and oxygen atoms in total. The van der Waals surface area contributed by atoms with Gasteiger partial charge in [-0.15, -0.1) is 0 Å². The Morgan fingerprint density at radius 1 is 1.40 bits per heavy atom. The molecule has 0 atom stereocenters. The molecule has 0 saturated carbocycles. The Kier molecular flexibility index (Phi) is 3.97. The molecular formula is C13H13F2N3O2. The van der Waals surface area contributed by atoms with Gasteiger partial charge in [-0.3, -0.25) is 4.68 Å². The summed E-state index contributed by atoms with van der Waals surface area (Å²) in [5.41, 5.74) is 0.250. The van der Waals surface area contributed by atoms with Crippen molar-refractivity contribution in [2.75, 3.05) is 11.9 Å². The van der Waals surface area contributed by atoms with Crippen molar-refractivity contribution < 1.29 is 18.7 Å². The maximum absolute atomic E-state index is 13.6. The maximum Gasteiger partial charge on any atom is 0.338 e. The monoisotopic (exact) mass is 281 g/mol. The highest BCUT2D eigenvalue weighted by Crippen LogP contribution is 2.20. The van der Waals surface area contributed by atoms with E-state index in [0.717, 1.165) is 11.6 Å². The van der Waals surface area contributed by atoms with E-state index in [-0.39, 0.29) is 5.69 Å². The van der Waals surface area contributed by atoms with Crippen molar-refractivity contribution in [3.05, 3.63) is 47.3 Å². The van der Waals surface area contributed by atoms with Gasteiger partial charge in [-0.25, -0.2) is 13.6 Å². The zero-order chi connectivity index (χ0) is 14.7. The average Bonchev–Trinajstić information content (AvgIpc) is 2.80. The van der Waals surface area contributed by atoms with Gasteiger partial charge < -0.3 is 10.4 Å². The molecule has 0 amide bonds. The summed E-state index contributed by atoms with van der Waals surface area (Å²) in [6.45, 7) is 2.72. The van der Waals surface area contributed by atoms with Gasteiger partial charge in [0.15, 0.2) is 11.6 Å². The second kappa shape index (κ2) is 5.68. The summed E-state index contributed by atoms with van der Waals surface area (Å²) >= 11 is 0. The van der Waals surface area contributed by atoms with Gasteiger partial charge in [-0.05, 0) is 24.6 Å². The van der Waals surface area contributed by atoms with Crippen molar-refractivity contribution in [3.63, 3.8) is 0 Å². The number of anilines is 1. The number of hydrogen-bond acceptors (Lipinski definition) is 3. The lowest BCUT2D eigenvalue weighted by Gasteiger charge is -2.09. The Hall–Kier alpha value is -2.44. The summed E-state index contributed by atoms with van der Waals surface area (Å²) in [7, 11) is 0. The van der Waals surface area contributed by atoms with Crippen molar-refractivity contribution in [3.8, 4) is 0 Å². The second-order valence-corrected chi connectivity index (χ2v) is 4.30. The van der Waals surface area contributed by atoms with Crippen molar-refractivity contribution in [1.29, 1.82) is 0 Å². The Morgan fingerprint density at radius 2 is 2.15 bits per heavy atom. The molecule has 0 fully saturated rings. The Bertz CT molecular complexity index is 641. The van der Waals surface area contributed by atoms with Crippen molar-refractivity contribution in [1.82, 2.24) is 9.78 Å². The van der Waals surface area contributed by atoms with Crippen LogP contribution in [0.4, 0.5) is 14.5 Å². The van der Waals surface area contributed by atoms with E-state index in [2.05, 4.69) is 10.4 Å². The summed E-state index contributed by atoms with van der Waals surface area (Å²) in [6.07, 6.45) is 3.52. The third kappa shape index (κ3) is 2.93. The van der Waals surface area contributed by atoms with Crippen LogP contribution in [-0.2, 0) is 6.54 Å². The Morgan fingerprint density at radius 3 is 2.75 bits per heavy atom. The minimum Gasteiger partial charge on any atom is -0.478 e. The number of carboxylic acid groups (broad SMARTS) is 1. The lowest BCUT2D eigenvalue weighted by Crippen LogP contribution is -2.13. The molecule has 0 bridgehead atoms. The van der Waals surface area contributed by atoms with Crippen LogP contribution in [-0.4, -0.2) is 27.4 Å². The van der Waals surface area contributed by atoms with Gasteiger partial charge in [0.25, 0.3) is 0 Å². The van der Waals surface area contributed by atoms with Crippen LogP contribution >= 0.6 is 0 Å². The molecule has 2 N–H and O–H groups in total. The molecule has 20 heavy (non-hydrogen) atoms. The normalized spacial score (nSPS) is 10.6. The van der Waals surface area contributed by atoms with Crippen LogP contribution in [0.25, 0.3) is 0 Å². The topological polar surface area (TPSA) is 67.2 Å². The van der Waals surface area contributed by atoms with E-state index in [9.17, 15) is 13.6 Å². The highest BCUT2D eigenvalue weighted by molar-refractivity contribution is 5.88. The van der Waals surface area contributed by atoms with Crippen molar-refractivity contribution in [2.24, 2.45) is 0 Å². The highest BCUT2D eigenvalue weighted by atomic mass is 19.2. The molecule has 2 rings (SSSR count). The van der Waals surface area contributed by atoms with Gasteiger partial charge in [-0.1, -0.05) is 0 Å². The summed E-state index contributed by atoms with van der Waals surface area (Å²) < 4.78 is 28.8. The quantitative estimate of drug-likeness (QED) is 0.882. The van der Waals surface area contributed by atoms with Gasteiger partial charge >= 0.3 is 5.97 Å². The number of aromatic carboxylic acids is 1. The number of nitrogens with one attached hydrogen (secondary N) is 1. The number of aryl methyl sites for hydroxylation is 1. The zero-order valence-electron chi connectivity index (χ0n) is 10.7. The molecule has 106 valence electrons. The van der Waals surface area contributed by atoms with E-state index in [1.807, 2.05) is 13.1 Å². The van der Waals surface area contributed by atoms with Crippen LogP contribution in [0.15, 0.2) is 24.5 Å². The first-order chi connectivity index (χ1) is 9.49. The van der Waals surface area contributed by atoms with Gasteiger partial charge in [0.1, 0.15) is 0 Å². The van der Waals surface area contributed by atoms with Gasteiger partial charge in [-0.2, -0.15) is 5.10 Å². The fourth-order valence-corrected chi connectivity index (χ4v) is 1.75. The molecule has 0 unspecified atom stereocenters. The molecule has 1 aromatic heterocycles. The fourth-order valence-electron chi connectivity index (χ4n) is 1.75. The predicted octanol–water partition coefficient (Wildman–Crippen LogP) is 2.28. The fraction of sp³-hybridized carbons (Fsp3) is 0.231. The number of carbonyl (C=O) groups is 1. The van der Waals surface area contributed by atoms with E-state index in [1.54, 1.807) is 10.9 Å². The summed E-state index contributed by atoms with van der Waals surface area (Å²) in [5.74, 6) is -4.06. The molecule has 0 spiro atoms. The SMILES string of the molecule is Cc1cnn(CCNc2ccc(C(=O)O)c(F)c2F)c1. The third-order valence-electron chi connectivity index (χ3n) is 2.73. The van der Waals surface area contributed by atoms with Crippen LogP contribution in [0.1, 0.15) is 15.9 Å². The van der Waals surface area contributed by atoms with E-state index in [0.29, 0.717) is 13.1 Å². The number of hydrogen-bond donors (Lipinski definition) is 2. The van der Waals surface area contributed by atoms with Crippen LogP contribution in [0.3, 0.4) is 0 Å². The first-order valence-corrected chi connectivity index (χ1v) is 5.93. The number of halogens is 2. The smallest absolute Gasteiger partial charge is 0.338 e. The molecule has 2 aromatic rings. The number of rotatable bonds is 5. The van der Waals surface area contributed by atoms with Crippen LogP contribution in [0, 0.1) is 18.6 Å².